The van der Waals surface area contributed by atoms with Crippen LogP contribution in [0.5, 0.6) is 0 Å². The Hall–Kier alpha value is -0.240. The van der Waals surface area contributed by atoms with Crippen LogP contribution in [0.15, 0.2) is 0 Å². The number of unbranched alkanes of at least 4 members (excludes halogenated alkanes) is 56. The Kier molecular flexibility index (Phi) is 68.2. The summed E-state index contributed by atoms with van der Waals surface area (Å²) in [6.45, 7) is 15.9. The van der Waals surface area contributed by atoms with Crippen molar-refractivity contribution in [2.75, 3.05) is 52.9 Å². The van der Waals surface area contributed by atoms with Crippen LogP contribution in [0.3, 0.4) is 0 Å². The molecular formula is C84H166O6. The molecule has 90 heavy (non-hydrogen) atoms. The lowest BCUT2D eigenvalue weighted by Gasteiger charge is -2.28. The summed E-state index contributed by atoms with van der Waals surface area (Å²) < 4.78 is 38.5. The molecule has 6 nitrogen and oxygen atoms in total. The first-order valence-corrected chi connectivity index (χ1v) is 42.3. The van der Waals surface area contributed by atoms with E-state index in [1.807, 2.05) is 0 Å². The van der Waals surface area contributed by atoms with Gasteiger partial charge in [0.15, 0.2) is 0 Å². The molecule has 538 valence electrons. The topological polar surface area (TPSA) is 55.4 Å². The SMILES string of the molecule is CCCCCCCCCCCCCCCCCCOC[C@@H]1CC[C@@H](COCCCCCCCCCCC(CCCCCCC)C2C[C@H](COCCCCCCCCCCCCCCCCCC)O[C@@H]2COCCCCCCCCCCCCCCCCCC)O1. The summed E-state index contributed by atoms with van der Waals surface area (Å²) in [7, 11) is 0. The van der Waals surface area contributed by atoms with E-state index in [0.29, 0.717) is 5.92 Å². The minimum Gasteiger partial charge on any atom is -0.379 e. The van der Waals surface area contributed by atoms with Gasteiger partial charge in [0.05, 0.1) is 50.8 Å². The molecule has 2 saturated heterocycles. The highest BCUT2D eigenvalue weighted by Gasteiger charge is 2.39. The number of hydrogen-bond donors (Lipinski definition) is 0. The Morgan fingerprint density at radius 2 is 0.444 bits per heavy atom. The first-order valence-electron chi connectivity index (χ1n) is 42.3. The number of hydrogen-bond acceptors (Lipinski definition) is 6. The Labute approximate surface area is 566 Å². The molecule has 0 radical (unpaired) electrons. The quantitative estimate of drug-likeness (QED) is 0.0566. The van der Waals surface area contributed by atoms with E-state index < -0.39 is 0 Å². The van der Waals surface area contributed by atoms with Crippen molar-refractivity contribution in [3.63, 3.8) is 0 Å². The van der Waals surface area contributed by atoms with Gasteiger partial charge in [-0.25, -0.2) is 0 Å². The van der Waals surface area contributed by atoms with Crippen molar-refractivity contribution < 1.29 is 28.4 Å². The van der Waals surface area contributed by atoms with Gasteiger partial charge in [0.2, 0.25) is 0 Å². The molecule has 0 spiro atoms. The van der Waals surface area contributed by atoms with Gasteiger partial charge in [-0.05, 0) is 56.8 Å². The zero-order valence-electron chi connectivity index (χ0n) is 62.2. The second-order valence-electron chi connectivity index (χ2n) is 29.9. The smallest absolute Gasteiger partial charge is 0.0845 e. The first kappa shape index (κ1) is 85.8. The van der Waals surface area contributed by atoms with Crippen LogP contribution in [0.4, 0.5) is 0 Å². The van der Waals surface area contributed by atoms with E-state index in [1.165, 1.54) is 405 Å². The average Bonchev–Trinajstić information content (AvgIpc) is 2.48. The third-order valence-corrected chi connectivity index (χ3v) is 21.1. The molecule has 0 aliphatic carbocycles. The summed E-state index contributed by atoms with van der Waals surface area (Å²) in [6.07, 6.45) is 92.2. The predicted molar refractivity (Wildman–Crippen MR) is 395 cm³/mol. The average molecular weight is 1270 g/mol. The molecule has 2 fully saturated rings. The van der Waals surface area contributed by atoms with Crippen molar-refractivity contribution in [1.29, 1.82) is 0 Å². The molecule has 2 rings (SSSR count). The third kappa shape index (κ3) is 58.0. The molecule has 6 heteroatoms. The lowest BCUT2D eigenvalue weighted by Crippen LogP contribution is -2.29. The summed E-state index contributed by atoms with van der Waals surface area (Å²) in [5.41, 5.74) is 0. The van der Waals surface area contributed by atoms with Gasteiger partial charge < -0.3 is 28.4 Å². The normalized spacial score (nSPS) is 18.1. The summed E-state index contributed by atoms with van der Waals surface area (Å²) in [5, 5.41) is 0. The van der Waals surface area contributed by atoms with Crippen molar-refractivity contribution in [3.8, 4) is 0 Å². The van der Waals surface area contributed by atoms with E-state index in [-0.39, 0.29) is 24.4 Å². The van der Waals surface area contributed by atoms with Crippen molar-refractivity contribution >= 4 is 0 Å². The molecule has 0 bridgehead atoms. The van der Waals surface area contributed by atoms with E-state index in [2.05, 4.69) is 27.7 Å². The van der Waals surface area contributed by atoms with Crippen LogP contribution >= 0.6 is 0 Å². The number of rotatable bonds is 77. The van der Waals surface area contributed by atoms with Gasteiger partial charge in [-0.15, -0.1) is 0 Å². The van der Waals surface area contributed by atoms with Crippen LogP contribution < -0.4 is 0 Å². The third-order valence-electron chi connectivity index (χ3n) is 21.1. The molecule has 0 saturated carbocycles. The highest BCUT2D eigenvalue weighted by Crippen LogP contribution is 2.39. The van der Waals surface area contributed by atoms with Crippen LogP contribution in [-0.4, -0.2) is 77.3 Å². The van der Waals surface area contributed by atoms with Gasteiger partial charge >= 0.3 is 0 Å². The second kappa shape index (κ2) is 71.5. The van der Waals surface area contributed by atoms with E-state index >= 15 is 0 Å². The van der Waals surface area contributed by atoms with E-state index in [9.17, 15) is 0 Å². The van der Waals surface area contributed by atoms with Gasteiger partial charge in [-0.1, -0.05) is 407 Å². The summed E-state index contributed by atoms with van der Waals surface area (Å²) in [6, 6.07) is 0. The van der Waals surface area contributed by atoms with Gasteiger partial charge in [-0.3, -0.25) is 0 Å². The molecular weight excluding hydrogens is 1100 g/mol. The zero-order valence-corrected chi connectivity index (χ0v) is 62.2. The van der Waals surface area contributed by atoms with Gasteiger partial charge in [0.1, 0.15) is 0 Å². The van der Waals surface area contributed by atoms with Gasteiger partial charge in [0, 0.05) is 26.4 Å². The molecule has 0 aromatic carbocycles. The molecule has 2 unspecified atom stereocenters. The van der Waals surface area contributed by atoms with E-state index in [0.717, 1.165) is 78.0 Å². The van der Waals surface area contributed by atoms with Crippen LogP contribution in [0, 0.1) is 11.8 Å². The standard InChI is InChI=1S/C84H166O6/c1-5-9-13-17-20-23-26-29-32-35-38-41-45-50-56-62-70-85-75-80-68-69-81(89-80)76-86-71-63-57-53-48-44-49-55-61-67-79(66-60-54-16-12-8-4)83-74-82(77-87-72-64-58-51-46-42-39-36-33-30-27-24-21-18-14-10-6-2)90-84(83)78-88-73-65-59-52-47-43-40-37-34-31-28-25-22-19-15-11-7-3/h79-84H,5-78H2,1-4H3/t79?,80-,81-,82+,83?,84+/m0/s1. The Morgan fingerprint density at radius 3 is 0.700 bits per heavy atom. The minimum atomic E-state index is 0.227. The second-order valence-corrected chi connectivity index (χ2v) is 29.9. The fourth-order valence-electron chi connectivity index (χ4n) is 15.0. The Bertz CT molecular complexity index is 1330. The van der Waals surface area contributed by atoms with Gasteiger partial charge in [0.25, 0.3) is 0 Å². The van der Waals surface area contributed by atoms with Crippen LogP contribution in [0.2, 0.25) is 0 Å². The Morgan fingerprint density at radius 1 is 0.233 bits per heavy atom. The molecule has 2 aliphatic heterocycles. The molecule has 0 aromatic rings. The molecule has 0 aromatic heterocycles. The Balaban J connectivity index is 1.62. The predicted octanol–water partition coefficient (Wildman–Crippen LogP) is 27.6. The largest absolute Gasteiger partial charge is 0.379 e. The highest BCUT2D eigenvalue weighted by atomic mass is 16.6. The maximum atomic E-state index is 6.98. The maximum Gasteiger partial charge on any atom is 0.0845 e. The fraction of sp³-hybridized carbons (Fsp3) is 1.00. The number of ether oxygens (including phenoxy) is 6. The molecule has 2 heterocycles. The summed E-state index contributed by atoms with van der Waals surface area (Å²) >= 11 is 0. The minimum absolute atomic E-state index is 0.227. The summed E-state index contributed by atoms with van der Waals surface area (Å²) in [4.78, 5) is 0. The summed E-state index contributed by atoms with van der Waals surface area (Å²) in [5.74, 6) is 1.35. The fourth-order valence-corrected chi connectivity index (χ4v) is 15.0. The van der Waals surface area contributed by atoms with Crippen molar-refractivity contribution in [2.24, 2.45) is 11.8 Å². The first-order chi connectivity index (χ1) is 44.7. The van der Waals surface area contributed by atoms with Crippen molar-refractivity contribution in [2.45, 2.75) is 476 Å². The van der Waals surface area contributed by atoms with Gasteiger partial charge in [-0.2, -0.15) is 0 Å². The van der Waals surface area contributed by atoms with Crippen LogP contribution in [0.25, 0.3) is 0 Å². The van der Waals surface area contributed by atoms with Crippen LogP contribution in [-0.2, 0) is 28.4 Å². The monoisotopic (exact) mass is 1270 g/mol. The highest BCUT2D eigenvalue weighted by molar-refractivity contribution is 4.87. The maximum absolute atomic E-state index is 6.98. The van der Waals surface area contributed by atoms with Crippen molar-refractivity contribution in [3.05, 3.63) is 0 Å². The van der Waals surface area contributed by atoms with E-state index in [4.69, 9.17) is 28.4 Å². The molecule has 2 aliphatic rings. The lowest BCUT2D eigenvalue weighted by atomic mass is 9.79. The van der Waals surface area contributed by atoms with Crippen LogP contribution in [0.1, 0.15) is 451 Å². The lowest BCUT2D eigenvalue weighted by molar-refractivity contribution is -0.0574. The van der Waals surface area contributed by atoms with E-state index in [1.54, 1.807) is 0 Å². The van der Waals surface area contributed by atoms with Crippen molar-refractivity contribution in [1.82, 2.24) is 0 Å². The molecule has 6 atom stereocenters. The molecule has 0 N–H and O–H groups in total. The zero-order chi connectivity index (χ0) is 64.0. The molecule has 0 amide bonds.